The van der Waals surface area contributed by atoms with Gasteiger partial charge in [0.25, 0.3) is 0 Å². The molecule has 4 nitrogen and oxygen atoms in total. The Balaban J connectivity index is 1.73. The predicted molar refractivity (Wildman–Crippen MR) is 98.4 cm³/mol. The highest BCUT2D eigenvalue weighted by atomic mass is 16.5. The second-order valence-corrected chi connectivity index (χ2v) is 7.05. The summed E-state index contributed by atoms with van der Waals surface area (Å²) < 4.78 is 5.15. The molecule has 1 fully saturated rings. The van der Waals surface area contributed by atoms with Crippen molar-refractivity contribution in [3.63, 3.8) is 0 Å². The number of carbonyl (C=O) groups is 2. The van der Waals surface area contributed by atoms with Crippen molar-refractivity contribution in [3.05, 3.63) is 47.6 Å². The highest BCUT2D eigenvalue weighted by molar-refractivity contribution is 6.22. The van der Waals surface area contributed by atoms with Crippen LogP contribution < -0.4 is 9.64 Å². The van der Waals surface area contributed by atoms with Crippen LogP contribution >= 0.6 is 0 Å². The number of imide groups is 1. The zero-order valence-electron chi connectivity index (χ0n) is 15.1. The number of carbonyl (C=O) groups excluding carboxylic acids is 2. The minimum absolute atomic E-state index is 0.0621. The van der Waals surface area contributed by atoms with Crippen LogP contribution in [-0.2, 0) is 9.59 Å². The highest BCUT2D eigenvalue weighted by Gasteiger charge is 2.48. The average Bonchev–Trinajstić information content (AvgIpc) is 2.85. The number of nitrogens with zero attached hydrogens (tertiary/aromatic N) is 1. The molecule has 1 aromatic carbocycles. The van der Waals surface area contributed by atoms with E-state index < -0.39 is 0 Å². The predicted octanol–water partition coefficient (Wildman–Crippen LogP) is 4.27. The Morgan fingerprint density at radius 2 is 1.84 bits per heavy atom. The van der Waals surface area contributed by atoms with Crippen molar-refractivity contribution in [1.29, 1.82) is 0 Å². The van der Waals surface area contributed by atoms with Crippen molar-refractivity contribution in [2.45, 2.75) is 39.5 Å². The summed E-state index contributed by atoms with van der Waals surface area (Å²) in [5.74, 6) is 0.166. The fourth-order valence-electron chi connectivity index (χ4n) is 3.67. The highest BCUT2D eigenvalue weighted by Crippen LogP contribution is 2.41. The van der Waals surface area contributed by atoms with Crippen molar-refractivity contribution in [2.24, 2.45) is 11.8 Å². The van der Waals surface area contributed by atoms with Crippen LogP contribution in [0.4, 0.5) is 5.69 Å². The molecule has 2 amide bonds. The lowest BCUT2D eigenvalue weighted by atomic mass is 9.80. The average molecular weight is 339 g/mol. The van der Waals surface area contributed by atoms with Crippen molar-refractivity contribution < 1.29 is 14.3 Å². The molecule has 0 saturated carbocycles. The molecule has 2 atom stereocenters. The van der Waals surface area contributed by atoms with Crippen LogP contribution in [-0.4, -0.2) is 18.9 Å². The van der Waals surface area contributed by atoms with Crippen LogP contribution in [0.25, 0.3) is 0 Å². The molecular weight excluding hydrogens is 314 g/mol. The summed E-state index contributed by atoms with van der Waals surface area (Å²) in [6, 6.07) is 7.10. The van der Waals surface area contributed by atoms with Gasteiger partial charge in [-0.1, -0.05) is 23.3 Å². The lowest BCUT2D eigenvalue weighted by molar-refractivity contribution is -0.122. The van der Waals surface area contributed by atoms with Crippen LogP contribution in [0.1, 0.15) is 39.5 Å². The van der Waals surface area contributed by atoms with Crippen molar-refractivity contribution in [3.8, 4) is 5.75 Å². The maximum atomic E-state index is 12.9. The summed E-state index contributed by atoms with van der Waals surface area (Å²) in [5, 5.41) is 0. The third-order valence-corrected chi connectivity index (χ3v) is 5.05. The summed E-state index contributed by atoms with van der Waals surface area (Å²) >= 11 is 0. The van der Waals surface area contributed by atoms with Crippen molar-refractivity contribution in [1.82, 2.24) is 0 Å². The first-order valence-electron chi connectivity index (χ1n) is 8.84. The number of ether oxygens (including phenoxy) is 1. The molecule has 0 bridgehead atoms. The lowest BCUT2D eigenvalue weighted by Crippen LogP contribution is -2.30. The number of methoxy groups -OCH3 is 1. The number of hydrogen-bond donors (Lipinski definition) is 0. The molecule has 1 aliphatic heterocycles. The second kappa shape index (κ2) is 7.26. The van der Waals surface area contributed by atoms with Gasteiger partial charge in [-0.3, -0.25) is 14.5 Å². The van der Waals surface area contributed by atoms with Gasteiger partial charge in [-0.05, 0) is 63.8 Å². The maximum absolute atomic E-state index is 12.9. The van der Waals surface area contributed by atoms with Crippen LogP contribution in [0, 0.1) is 11.8 Å². The van der Waals surface area contributed by atoms with E-state index in [4.69, 9.17) is 4.74 Å². The molecule has 25 heavy (non-hydrogen) atoms. The van der Waals surface area contributed by atoms with Crippen LogP contribution in [0.5, 0.6) is 5.75 Å². The first-order chi connectivity index (χ1) is 12.0. The van der Waals surface area contributed by atoms with Gasteiger partial charge in [0.05, 0.1) is 24.6 Å². The number of anilines is 1. The van der Waals surface area contributed by atoms with E-state index >= 15 is 0 Å². The van der Waals surface area contributed by atoms with E-state index in [2.05, 4.69) is 26.0 Å². The van der Waals surface area contributed by atoms with E-state index in [1.54, 1.807) is 31.4 Å². The smallest absolute Gasteiger partial charge is 0.238 e. The van der Waals surface area contributed by atoms with E-state index in [9.17, 15) is 9.59 Å². The molecule has 2 aliphatic rings. The molecule has 1 heterocycles. The van der Waals surface area contributed by atoms with Gasteiger partial charge >= 0.3 is 0 Å². The maximum Gasteiger partial charge on any atom is 0.238 e. The first-order valence-corrected chi connectivity index (χ1v) is 8.84. The molecule has 0 aromatic heterocycles. The SMILES string of the molecule is COc1ccc(N2C(=O)[C@H]3CC(CCC=C(C)C)=CC[C@H]3C2=O)cc1. The van der Waals surface area contributed by atoms with Crippen LogP contribution in [0.15, 0.2) is 47.6 Å². The Hall–Kier alpha value is -2.36. The van der Waals surface area contributed by atoms with Gasteiger partial charge in [0, 0.05) is 0 Å². The van der Waals surface area contributed by atoms with E-state index in [1.807, 2.05) is 0 Å². The standard InChI is InChI=1S/C21H25NO3/c1-14(2)5-4-6-15-7-12-18-19(13-15)21(24)22(20(18)23)16-8-10-17(25-3)11-9-16/h5,7-11,18-19H,4,6,12-13H2,1-3H3/t18-,19+/m1/s1. The zero-order valence-corrected chi connectivity index (χ0v) is 15.1. The Morgan fingerprint density at radius 3 is 2.48 bits per heavy atom. The molecule has 3 rings (SSSR count). The van der Waals surface area contributed by atoms with E-state index in [0.29, 0.717) is 24.3 Å². The normalized spacial score (nSPS) is 22.5. The molecule has 4 heteroatoms. The number of hydrogen-bond acceptors (Lipinski definition) is 3. The van der Waals surface area contributed by atoms with E-state index in [-0.39, 0.29) is 23.7 Å². The number of rotatable bonds is 5. The Bertz CT molecular complexity index is 726. The molecule has 0 unspecified atom stereocenters. The van der Waals surface area contributed by atoms with Gasteiger partial charge in [-0.15, -0.1) is 0 Å². The molecular formula is C21H25NO3. The topological polar surface area (TPSA) is 46.6 Å². The minimum atomic E-state index is -0.207. The quantitative estimate of drug-likeness (QED) is 0.594. The van der Waals surface area contributed by atoms with E-state index in [0.717, 1.165) is 12.8 Å². The van der Waals surface area contributed by atoms with Gasteiger partial charge in [0.1, 0.15) is 5.75 Å². The van der Waals surface area contributed by atoms with Gasteiger partial charge in [-0.2, -0.15) is 0 Å². The zero-order chi connectivity index (χ0) is 18.0. The molecule has 1 aromatic rings. The van der Waals surface area contributed by atoms with Gasteiger partial charge < -0.3 is 4.74 Å². The largest absolute Gasteiger partial charge is 0.497 e. The van der Waals surface area contributed by atoms with E-state index in [1.165, 1.54) is 16.0 Å². The number of benzene rings is 1. The fourth-order valence-corrected chi connectivity index (χ4v) is 3.67. The Labute approximate surface area is 149 Å². The minimum Gasteiger partial charge on any atom is -0.497 e. The van der Waals surface area contributed by atoms with Gasteiger partial charge in [0.15, 0.2) is 0 Å². The molecule has 132 valence electrons. The summed E-state index contributed by atoms with van der Waals surface area (Å²) in [6.45, 7) is 4.19. The van der Waals surface area contributed by atoms with Gasteiger partial charge in [-0.25, -0.2) is 0 Å². The summed E-state index contributed by atoms with van der Waals surface area (Å²) in [7, 11) is 1.60. The Morgan fingerprint density at radius 1 is 1.16 bits per heavy atom. The third kappa shape index (κ3) is 3.53. The van der Waals surface area contributed by atoms with Crippen LogP contribution in [0.3, 0.4) is 0 Å². The third-order valence-electron chi connectivity index (χ3n) is 5.05. The second-order valence-electron chi connectivity index (χ2n) is 7.05. The lowest BCUT2D eigenvalue weighted by Gasteiger charge is -2.21. The first kappa shape index (κ1) is 17.5. The molecule has 0 spiro atoms. The number of amides is 2. The van der Waals surface area contributed by atoms with Crippen molar-refractivity contribution in [2.75, 3.05) is 12.0 Å². The van der Waals surface area contributed by atoms with Crippen LogP contribution in [0.2, 0.25) is 0 Å². The molecule has 1 aliphatic carbocycles. The molecule has 0 N–H and O–H groups in total. The van der Waals surface area contributed by atoms with Crippen molar-refractivity contribution >= 4 is 17.5 Å². The summed E-state index contributed by atoms with van der Waals surface area (Å²) in [5.41, 5.74) is 3.25. The summed E-state index contributed by atoms with van der Waals surface area (Å²) in [4.78, 5) is 27.0. The number of fused-ring (bicyclic) bond motifs is 1. The molecule has 0 radical (unpaired) electrons. The monoisotopic (exact) mass is 339 g/mol. The Kier molecular flexibility index (Phi) is 5.07. The fraction of sp³-hybridized carbons (Fsp3) is 0.429. The molecule has 1 saturated heterocycles. The number of allylic oxidation sites excluding steroid dienone is 4. The summed E-state index contributed by atoms with van der Waals surface area (Å²) in [6.07, 6.45) is 7.74. The van der Waals surface area contributed by atoms with Gasteiger partial charge in [0.2, 0.25) is 11.8 Å².